The van der Waals surface area contributed by atoms with E-state index in [0.29, 0.717) is 0 Å². The van der Waals surface area contributed by atoms with Gasteiger partial charge in [0.15, 0.2) is 0 Å². The Hall–Kier alpha value is -16.9. The molecule has 0 radical (unpaired) electrons. The third-order valence-corrected chi connectivity index (χ3v) is 30.2. The van der Waals surface area contributed by atoms with Gasteiger partial charge in [0, 0.05) is 74.0 Å². The van der Waals surface area contributed by atoms with Crippen LogP contribution < -0.4 is 0 Å². The molecule has 2 aliphatic carbocycles. The molecule has 6 heterocycles. The summed E-state index contributed by atoms with van der Waals surface area (Å²) in [5.74, 6) is 0. The molecule has 0 fully saturated rings. The first-order valence-electron chi connectivity index (χ1n) is 45.3. The molecule has 0 saturated carbocycles. The first-order chi connectivity index (χ1) is 65.5. The van der Waals surface area contributed by atoms with Crippen LogP contribution in [0.2, 0.25) is 0 Å². The molecular formula is C126H72O5S. The fourth-order valence-electron chi connectivity index (χ4n) is 23.9. The van der Waals surface area contributed by atoms with Gasteiger partial charge < -0.3 is 22.1 Å². The SMILES string of the molecule is c1ccc(C2(c3ccccc3)c3ccccc3-c3c2ccc2oc4cc(-c5c6ccccc6c(-c6ccc7c(c6)oc6ccc8sc9ccccc9c8c67)c6ccccc56)ccc4c32)cc1.c1ccc(C2(c3ccccc3)c3ccccc3-c3c2ccc2oc4cc(-c5c6ccccc6c(-c6ccc7oc8ccc9oc%10ccccc%10c9c8c7c6)c6ccccc56)ccc4c32)cc1. The minimum atomic E-state index is -0.485. The van der Waals surface area contributed by atoms with E-state index >= 15 is 0 Å². The second-order valence-corrected chi connectivity index (χ2v) is 36.6. The van der Waals surface area contributed by atoms with Gasteiger partial charge in [-0.05, 0) is 251 Å². The zero-order valence-corrected chi connectivity index (χ0v) is 71.8. The van der Waals surface area contributed by atoms with Crippen LogP contribution in [0.4, 0.5) is 0 Å². The van der Waals surface area contributed by atoms with E-state index in [1.807, 2.05) is 35.6 Å². The molecule has 5 nitrogen and oxygen atoms in total. The van der Waals surface area contributed by atoms with Crippen LogP contribution in [0, 0.1) is 0 Å². The maximum atomic E-state index is 6.96. The summed E-state index contributed by atoms with van der Waals surface area (Å²) in [7, 11) is 0. The predicted octanol–water partition coefficient (Wildman–Crippen LogP) is 35.2. The van der Waals surface area contributed by atoms with Crippen molar-refractivity contribution in [2.75, 3.05) is 0 Å². The quantitative estimate of drug-likeness (QED) is 0.142. The van der Waals surface area contributed by atoms with Crippen LogP contribution in [0.1, 0.15) is 44.5 Å². The minimum absolute atomic E-state index is 0.480. The Morgan fingerprint density at radius 2 is 0.432 bits per heavy atom. The standard InChI is InChI=1S/C63H36O3.C63H36O2S/c1-3-15-39(16-4-1)63(40-17-5-2-6-18-40)49-25-13-11-23-45(49)59-50(63)30-32-53-60(59)47-29-27-38(36-56(47)66-53)58-43-21-9-7-19-41(43)57(42-20-8-10-22-44(42)58)37-28-31-52-48(35-37)62-55(65-52)34-33-54-61(62)46-24-12-14-26-51(46)64-54;1-3-15-39(16-4-1)63(40-17-5-2-6-18-40)49-25-13-11-23-45(49)59-50(63)31-32-51-60(59)46-29-27-37(35-53(46)64-51)57-41-19-7-9-21-43(41)58(44-22-10-8-20-42(44)57)38-28-30-47-54(36-38)65-52-33-34-56-62(61(47)52)48-24-12-14-26-55(48)66-56/h2*1-36H. The van der Waals surface area contributed by atoms with Gasteiger partial charge >= 0.3 is 0 Å². The van der Waals surface area contributed by atoms with E-state index in [2.05, 4.69) is 413 Å². The molecule has 0 bridgehead atoms. The molecule has 22 aromatic carbocycles. The summed E-state index contributed by atoms with van der Waals surface area (Å²) < 4.78 is 36.1. The number of fused-ring (bicyclic) bond motifs is 32. The van der Waals surface area contributed by atoms with Crippen molar-refractivity contribution < 1.29 is 22.1 Å². The molecule has 0 amide bonds. The third kappa shape index (κ3) is 10.1. The molecule has 6 heteroatoms. The largest absolute Gasteiger partial charge is 0.456 e. The molecule has 0 spiro atoms. The van der Waals surface area contributed by atoms with E-state index in [1.165, 1.54) is 158 Å². The number of benzene rings is 22. The second kappa shape index (κ2) is 27.8. The third-order valence-electron chi connectivity index (χ3n) is 29.1. The van der Waals surface area contributed by atoms with Crippen molar-refractivity contribution in [3.63, 3.8) is 0 Å². The summed E-state index contributed by atoms with van der Waals surface area (Å²) >= 11 is 1.84. The van der Waals surface area contributed by atoms with Gasteiger partial charge in [-0.3, -0.25) is 0 Å². The van der Waals surface area contributed by atoms with Crippen molar-refractivity contribution in [3.8, 4) is 66.8 Å². The van der Waals surface area contributed by atoms with Crippen molar-refractivity contribution in [2.24, 2.45) is 0 Å². The Balaban J connectivity index is 0.000000129. The summed E-state index contributed by atoms with van der Waals surface area (Å²) in [5, 5.41) is 23.3. The minimum Gasteiger partial charge on any atom is -0.456 e. The van der Waals surface area contributed by atoms with Crippen LogP contribution >= 0.6 is 11.3 Å². The molecule has 0 atom stereocenters. The maximum Gasteiger partial charge on any atom is 0.136 e. The van der Waals surface area contributed by atoms with E-state index in [1.54, 1.807) is 0 Å². The topological polar surface area (TPSA) is 65.7 Å². The number of thiophene rings is 1. The van der Waals surface area contributed by atoms with Gasteiger partial charge in [0.25, 0.3) is 0 Å². The van der Waals surface area contributed by atoms with Crippen molar-refractivity contribution in [3.05, 3.63) is 481 Å². The van der Waals surface area contributed by atoms with Crippen LogP contribution in [-0.4, -0.2) is 0 Å². The van der Waals surface area contributed by atoms with E-state index in [-0.39, 0.29) is 0 Å². The Labute approximate surface area is 759 Å². The Kier molecular flexibility index (Phi) is 15.4. The molecule has 2 aliphatic rings. The summed E-state index contributed by atoms with van der Waals surface area (Å²) in [6, 6.07) is 159. The van der Waals surface area contributed by atoms with Crippen molar-refractivity contribution in [2.45, 2.75) is 10.8 Å². The predicted molar refractivity (Wildman–Crippen MR) is 549 cm³/mol. The van der Waals surface area contributed by atoms with Gasteiger partial charge in [-0.2, -0.15) is 0 Å². The lowest BCUT2D eigenvalue weighted by atomic mass is 9.67. The van der Waals surface area contributed by atoms with E-state index in [0.717, 1.165) is 127 Å². The average molecular weight is 1700 g/mol. The lowest BCUT2D eigenvalue weighted by molar-refractivity contribution is 0.663. The fraction of sp³-hybridized carbons (Fsp3) is 0.0159. The van der Waals surface area contributed by atoms with Crippen LogP contribution in [-0.2, 0) is 10.8 Å². The highest BCUT2D eigenvalue weighted by molar-refractivity contribution is 7.26. The molecule has 612 valence electrons. The molecule has 0 unspecified atom stereocenters. The smallest absolute Gasteiger partial charge is 0.136 e. The highest BCUT2D eigenvalue weighted by Gasteiger charge is 2.49. The van der Waals surface area contributed by atoms with Crippen molar-refractivity contribution in [1.82, 2.24) is 0 Å². The average Bonchev–Trinajstić information content (AvgIpc) is 1.52. The van der Waals surface area contributed by atoms with Gasteiger partial charge in [0.2, 0.25) is 0 Å². The van der Waals surface area contributed by atoms with Gasteiger partial charge in [-0.25, -0.2) is 0 Å². The van der Waals surface area contributed by atoms with E-state index in [4.69, 9.17) is 22.1 Å². The van der Waals surface area contributed by atoms with Gasteiger partial charge in [-0.1, -0.05) is 340 Å². The highest BCUT2D eigenvalue weighted by atomic mass is 32.1. The number of hydrogen-bond acceptors (Lipinski definition) is 6. The number of furan rings is 5. The number of para-hydroxylation sites is 1. The summed E-state index contributed by atoms with van der Waals surface area (Å²) in [6.07, 6.45) is 0. The van der Waals surface area contributed by atoms with Crippen molar-refractivity contribution >= 4 is 184 Å². The lowest BCUT2D eigenvalue weighted by Gasteiger charge is -2.33. The van der Waals surface area contributed by atoms with Gasteiger partial charge in [0.05, 0.1) is 10.8 Å². The molecule has 132 heavy (non-hydrogen) atoms. The van der Waals surface area contributed by atoms with Gasteiger partial charge in [-0.15, -0.1) is 11.3 Å². The fourth-order valence-corrected chi connectivity index (χ4v) is 25.0. The number of hydrogen-bond donors (Lipinski definition) is 0. The Morgan fingerprint density at radius 3 is 0.856 bits per heavy atom. The Morgan fingerprint density at radius 1 is 0.152 bits per heavy atom. The monoisotopic (exact) mass is 1700 g/mol. The zero-order valence-electron chi connectivity index (χ0n) is 71.0. The lowest BCUT2D eigenvalue weighted by Crippen LogP contribution is -2.28. The summed E-state index contributed by atoms with van der Waals surface area (Å²) in [5.41, 5.74) is 32.3. The molecule has 30 rings (SSSR count). The number of rotatable bonds is 8. The molecule has 0 aliphatic heterocycles. The second-order valence-electron chi connectivity index (χ2n) is 35.5. The summed E-state index contributed by atoms with van der Waals surface area (Å²) in [6.45, 7) is 0. The first-order valence-corrected chi connectivity index (χ1v) is 46.1. The molecule has 6 aromatic heterocycles. The first kappa shape index (κ1) is 73.2. The van der Waals surface area contributed by atoms with Crippen molar-refractivity contribution in [1.29, 1.82) is 0 Å². The normalized spacial score (nSPS) is 13.3. The zero-order chi connectivity index (χ0) is 86.2. The van der Waals surface area contributed by atoms with E-state index < -0.39 is 10.8 Å². The summed E-state index contributed by atoms with van der Waals surface area (Å²) in [4.78, 5) is 0. The van der Waals surface area contributed by atoms with E-state index in [9.17, 15) is 0 Å². The maximum absolute atomic E-state index is 6.96. The molecule has 28 aromatic rings. The van der Waals surface area contributed by atoms with Crippen LogP contribution in [0.5, 0.6) is 0 Å². The van der Waals surface area contributed by atoms with Crippen LogP contribution in [0.3, 0.4) is 0 Å². The molecular weight excluding hydrogens is 1630 g/mol. The Bertz CT molecular complexity index is 9600. The molecule has 0 saturated heterocycles. The highest BCUT2D eigenvalue weighted by Crippen LogP contribution is 2.62. The van der Waals surface area contributed by atoms with Crippen LogP contribution in [0.15, 0.2) is 459 Å². The molecule has 0 N–H and O–H groups in total. The van der Waals surface area contributed by atoms with Gasteiger partial charge in [0.1, 0.15) is 55.8 Å². The van der Waals surface area contributed by atoms with Crippen LogP contribution in [0.25, 0.3) is 240 Å².